The second-order valence-electron chi connectivity index (χ2n) is 9.06. The highest BCUT2D eigenvalue weighted by Crippen LogP contribution is 2.43. The summed E-state index contributed by atoms with van der Waals surface area (Å²) in [5.74, 6) is 1.38. The van der Waals surface area contributed by atoms with Crippen LogP contribution in [-0.2, 0) is 11.2 Å². The maximum atomic E-state index is 13.0. The van der Waals surface area contributed by atoms with E-state index >= 15 is 0 Å². The maximum absolute atomic E-state index is 13.0. The van der Waals surface area contributed by atoms with Crippen molar-refractivity contribution < 1.29 is 19.0 Å². The summed E-state index contributed by atoms with van der Waals surface area (Å²) in [7, 11) is 1.40. The highest BCUT2D eigenvalue weighted by atomic mass is 32.2. The highest BCUT2D eigenvalue weighted by Gasteiger charge is 2.42. The Bertz CT molecular complexity index is 827. The molecule has 8 nitrogen and oxygen atoms in total. The average molecular weight is 450 g/mol. The van der Waals surface area contributed by atoms with Gasteiger partial charge in [0.1, 0.15) is 12.0 Å². The predicted molar refractivity (Wildman–Crippen MR) is 118 cm³/mol. The zero-order valence-electron chi connectivity index (χ0n) is 18.2. The van der Waals surface area contributed by atoms with Crippen molar-refractivity contribution in [1.82, 2.24) is 10.2 Å². The summed E-state index contributed by atoms with van der Waals surface area (Å²) in [6.07, 6.45) is 10.2. The van der Waals surface area contributed by atoms with E-state index in [4.69, 9.17) is 4.74 Å². The molecule has 1 saturated heterocycles. The monoisotopic (exact) mass is 449 g/mol. The van der Waals surface area contributed by atoms with Gasteiger partial charge in [0.25, 0.3) is 5.91 Å². The molecular weight excluding hydrogens is 418 g/mol. The lowest BCUT2D eigenvalue weighted by molar-refractivity contribution is -0.387. The molecule has 4 rings (SSSR count). The minimum Gasteiger partial charge on any atom is -0.611 e. The molecule has 2 atom stereocenters. The second-order valence-corrected chi connectivity index (χ2v) is 10.4. The van der Waals surface area contributed by atoms with Crippen molar-refractivity contribution in [2.75, 3.05) is 26.5 Å². The number of ether oxygens (including phenoxy) is 1. The summed E-state index contributed by atoms with van der Waals surface area (Å²) >= 11 is -1.57. The molecule has 31 heavy (non-hydrogen) atoms. The van der Waals surface area contributed by atoms with E-state index < -0.39 is 16.1 Å². The molecule has 2 bridgehead atoms. The second kappa shape index (κ2) is 9.34. The van der Waals surface area contributed by atoms with Crippen molar-refractivity contribution in [2.24, 2.45) is 11.8 Å². The molecule has 1 aromatic rings. The van der Waals surface area contributed by atoms with Gasteiger partial charge in [-0.3, -0.25) is 19.8 Å². The van der Waals surface area contributed by atoms with Gasteiger partial charge in [0.15, 0.2) is 0 Å². The van der Waals surface area contributed by atoms with Gasteiger partial charge < -0.3 is 14.6 Å². The standard InChI is InChI=1S/C22H31N3O5S/c1-30-19-12-20(31(2)29)18(25(27)28)11-17(19)22(26)23-16-9-10-24(13-16)21-14-5-3-6-15(21)8-4-7-14/h11-12,14-16,21H,3-10,13H2,1-2H3,(H,23,26)/t14?,15?,16?,21?,31-/m0/s1. The number of nitrogens with zero attached hydrogens (tertiary/aromatic N) is 2. The molecule has 2 aliphatic carbocycles. The number of methoxy groups -OCH3 is 1. The Morgan fingerprint density at radius 1 is 1.19 bits per heavy atom. The lowest BCUT2D eigenvalue weighted by atomic mass is 9.68. The molecule has 170 valence electrons. The largest absolute Gasteiger partial charge is 0.611 e. The summed E-state index contributed by atoms with van der Waals surface area (Å²) in [5.41, 5.74) is -0.216. The molecule has 1 N–H and O–H groups in total. The van der Waals surface area contributed by atoms with Crippen molar-refractivity contribution in [3.63, 3.8) is 0 Å². The first-order valence-corrected chi connectivity index (χ1v) is 12.7. The molecule has 3 fully saturated rings. The first kappa shape index (κ1) is 22.4. The van der Waals surface area contributed by atoms with Crippen LogP contribution in [0.2, 0.25) is 0 Å². The van der Waals surface area contributed by atoms with Crippen LogP contribution >= 0.6 is 0 Å². The number of nitrogens with one attached hydrogen (secondary N) is 1. The third kappa shape index (κ3) is 4.54. The molecule has 1 aromatic carbocycles. The normalized spacial score (nSPS) is 29.4. The Balaban J connectivity index is 1.47. The smallest absolute Gasteiger partial charge is 0.324 e. The summed E-state index contributed by atoms with van der Waals surface area (Å²) in [5, 5.41) is 14.5. The summed E-state index contributed by atoms with van der Waals surface area (Å²) in [6, 6.07) is 3.17. The van der Waals surface area contributed by atoms with E-state index in [-0.39, 0.29) is 33.8 Å². The number of hydrogen-bond acceptors (Lipinski definition) is 6. The molecule has 1 unspecified atom stereocenters. The topological polar surface area (TPSA) is 108 Å². The number of benzene rings is 1. The van der Waals surface area contributed by atoms with Gasteiger partial charge >= 0.3 is 5.69 Å². The van der Waals surface area contributed by atoms with Gasteiger partial charge in [-0.15, -0.1) is 0 Å². The Kier molecular flexibility index (Phi) is 6.74. The average Bonchev–Trinajstić information content (AvgIpc) is 3.20. The minimum atomic E-state index is -1.57. The Hall–Kier alpha value is -1.84. The van der Waals surface area contributed by atoms with E-state index in [9.17, 15) is 19.5 Å². The van der Waals surface area contributed by atoms with E-state index in [1.54, 1.807) is 0 Å². The zero-order chi connectivity index (χ0) is 22.1. The molecule has 0 aromatic heterocycles. The van der Waals surface area contributed by atoms with Crippen LogP contribution in [0.5, 0.6) is 5.75 Å². The number of carbonyl (C=O) groups is 1. The van der Waals surface area contributed by atoms with E-state index in [1.165, 1.54) is 64.0 Å². The van der Waals surface area contributed by atoms with Gasteiger partial charge in [0, 0.05) is 37.3 Å². The van der Waals surface area contributed by atoms with Crippen molar-refractivity contribution in [1.29, 1.82) is 0 Å². The summed E-state index contributed by atoms with van der Waals surface area (Å²) < 4.78 is 17.2. The number of nitro groups is 1. The van der Waals surface area contributed by atoms with Crippen LogP contribution in [0.3, 0.4) is 0 Å². The maximum Gasteiger partial charge on any atom is 0.324 e. The lowest BCUT2D eigenvalue weighted by Crippen LogP contribution is -2.50. The van der Waals surface area contributed by atoms with Crippen molar-refractivity contribution in [3.8, 4) is 5.75 Å². The molecule has 0 spiro atoms. The molecule has 2 saturated carbocycles. The first-order chi connectivity index (χ1) is 14.9. The SMILES string of the molecule is COc1cc([S@+](C)[O-])c([N+](=O)[O-])cc1C(=O)NC1CCN(C2C3CCCC2CCC3)C1. The van der Waals surface area contributed by atoms with Gasteiger partial charge in [-0.2, -0.15) is 0 Å². The van der Waals surface area contributed by atoms with Gasteiger partial charge in [0.05, 0.1) is 17.6 Å². The van der Waals surface area contributed by atoms with Gasteiger partial charge in [-0.05, 0) is 55.1 Å². The molecule has 1 aliphatic heterocycles. The fourth-order valence-electron chi connectivity index (χ4n) is 5.95. The van der Waals surface area contributed by atoms with Crippen LogP contribution in [0.15, 0.2) is 17.0 Å². The first-order valence-electron chi connectivity index (χ1n) is 11.1. The van der Waals surface area contributed by atoms with Gasteiger partial charge in [-0.1, -0.05) is 12.8 Å². The third-order valence-electron chi connectivity index (χ3n) is 7.27. The number of carbonyl (C=O) groups excluding carboxylic acids is 1. The van der Waals surface area contributed by atoms with Crippen LogP contribution in [0, 0.1) is 22.0 Å². The quantitative estimate of drug-likeness (QED) is 0.406. The van der Waals surface area contributed by atoms with Gasteiger partial charge in [0.2, 0.25) is 4.90 Å². The number of fused-ring (bicyclic) bond motifs is 2. The Labute approximate surface area is 186 Å². The van der Waals surface area contributed by atoms with Crippen LogP contribution in [0.4, 0.5) is 5.69 Å². The number of hydrogen-bond donors (Lipinski definition) is 1. The van der Waals surface area contributed by atoms with E-state index in [2.05, 4.69) is 10.2 Å². The molecule has 9 heteroatoms. The van der Waals surface area contributed by atoms with Crippen LogP contribution in [0.25, 0.3) is 0 Å². The molecule has 0 radical (unpaired) electrons. The Morgan fingerprint density at radius 3 is 2.39 bits per heavy atom. The minimum absolute atomic E-state index is 0.0129. The van der Waals surface area contributed by atoms with Crippen LogP contribution in [0.1, 0.15) is 55.3 Å². The highest BCUT2D eigenvalue weighted by molar-refractivity contribution is 7.90. The fourth-order valence-corrected chi connectivity index (χ4v) is 6.65. The van der Waals surface area contributed by atoms with Crippen molar-refractivity contribution in [3.05, 3.63) is 27.8 Å². The molecule has 3 aliphatic rings. The number of rotatable bonds is 6. The number of amides is 1. The third-order valence-corrected chi connectivity index (χ3v) is 8.22. The van der Waals surface area contributed by atoms with Crippen LogP contribution < -0.4 is 10.1 Å². The number of nitro benzene ring substituents is 1. The van der Waals surface area contributed by atoms with E-state index in [1.807, 2.05) is 0 Å². The van der Waals surface area contributed by atoms with Crippen LogP contribution in [-0.4, -0.2) is 58.8 Å². The molecule has 1 amide bonds. The zero-order valence-corrected chi connectivity index (χ0v) is 19.0. The predicted octanol–water partition coefficient (Wildman–Crippen LogP) is 3.11. The number of likely N-dealkylation sites (tertiary alicyclic amines) is 1. The van der Waals surface area contributed by atoms with E-state index in [0.29, 0.717) is 6.04 Å². The summed E-state index contributed by atoms with van der Waals surface area (Å²) in [4.78, 5) is 26.5. The summed E-state index contributed by atoms with van der Waals surface area (Å²) in [6.45, 7) is 1.80. The lowest BCUT2D eigenvalue weighted by Gasteiger charge is -2.47. The van der Waals surface area contributed by atoms with Gasteiger partial charge in [-0.25, -0.2) is 0 Å². The fraction of sp³-hybridized carbons (Fsp3) is 0.682. The van der Waals surface area contributed by atoms with E-state index in [0.717, 1.165) is 31.3 Å². The van der Waals surface area contributed by atoms with Crippen molar-refractivity contribution in [2.45, 2.75) is 61.9 Å². The molecular formula is C22H31N3O5S. The Morgan fingerprint density at radius 2 is 1.84 bits per heavy atom. The molecule has 1 heterocycles. The van der Waals surface area contributed by atoms with Crippen molar-refractivity contribution >= 4 is 22.8 Å².